The van der Waals surface area contributed by atoms with E-state index < -0.39 is 10.2 Å². The van der Waals surface area contributed by atoms with E-state index in [4.69, 9.17) is 18.6 Å². The molecule has 4 nitrogen and oxygen atoms in total. The Morgan fingerprint density at radius 3 is 2.00 bits per heavy atom. The Labute approximate surface area is 92.2 Å². The summed E-state index contributed by atoms with van der Waals surface area (Å²) in [6, 6.07) is 0. The highest BCUT2D eigenvalue weighted by Crippen LogP contribution is 2.49. The van der Waals surface area contributed by atoms with Crippen LogP contribution < -0.4 is 18.6 Å². The van der Waals surface area contributed by atoms with Gasteiger partial charge < -0.3 is 0 Å². The molecule has 0 radical (unpaired) electrons. The molecular weight excluding hydrogens is 256 g/mol. The van der Waals surface area contributed by atoms with Crippen molar-refractivity contribution in [3.05, 3.63) is 3.91 Å². The second-order valence-corrected chi connectivity index (χ2v) is 6.90. The summed E-state index contributed by atoms with van der Waals surface area (Å²) < 4.78 is 35.5. The summed E-state index contributed by atoms with van der Waals surface area (Å²) in [5.74, 6) is 1.31. The van der Waals surface area contributed by atoms with Crippen LogP contribution in [0.25, 0.3) is 0 Å². The molecule has 1 aliphatic heterocycles. The number of hydrogen-bond donors (Lipinski definition) is 0. The SMILES string of the molecule is CS[C+]1SCC(C)S1.[O-][Cl+3]([O-])([O-])[O-]. The van der Waals surface area contributed by atoms with Gasteiger partial charge in [-0.05, 0) is 6.92 Å². The molecule has 0 N–H and O–H groups in total. The zero-order chi connectivity index (χ0) is 10.5. The molecule has 78 valence electrons. The Kier molecular flexibility index (Phi) is 7.04. The van der Waals surface area contributed by atoms with Gasteiger partial charge in [0.2, 0.25) is 0 Å². The monoisotopic (exact) mass is 264 g/mol. The van der Waals surface area contributed by atoms with Crippen molar-refractivity contribution in [3.63, 3.8) is 0 Å². The van der Waals surface area contributed by atoms with Crippen LogP contribution in [0.5, 0.6) is 0 Å². The summed E-state index contributed by atoms with van der Waals surface area (Å²) in [6.07, 6.45) is 2.15. The minimum atomic E-state index is -4.94. The molecule has 1 saturated heterocycles. The number of thioether (sulfide) groups is 3. The van der Waals surface area contributed by atoms with Crippen molar-refractivity contribution in [3.8, 4) is 0 Å². The lowest BCUT2D eigenvalue weighted by Crippen LogP contribution is -2.68. The molecule has 13 heavy (non-hydrogen) atoms. The average molecular weight is 265 g/mol. The minimum absolute atomic E-state index is 0.849. The van der Waals surface area contributed by atoms with E-state index in [0.29, 0.717) is 0 Å². The smallest absolute Gasteiger partial charge is 0.222 e. The Morgan fingerprint density at radius 2 is 1.85 bits per heavy atom. The molecule has 1 heterocycles. The molecule has 1 atom stereocenters. The van der Waals surface area contributed by atoms with Gasteiger partial charge in [0.1, 0.15) is 0 Å². The average Bonchev–Trinajstić information content (AvgIpc) is 2.31. The predicted molar refractivity (Wildman–Crippen MR) is 46.3 cm³/mol. The number of hydrogen-bond acceptors (Lipinski definition) is 7. The van der Waals surface area contributed by atoms with E-state index in [1.165, 1.54) is 9.67 Å². The van der Waals surface area contributed by atoms with Gasteiger partial charge in [-0.15, -0.1) is 10.2 Å². The van der Waals surface area contributed by atoms with Crippen molar-refractivity contribution in [2.75, 3.05) is 12.0 Å². The lowest BCUT2D eigenvalue weighted by atomic mass is 10.6. The van der Waals surface area contributed by atoms with E-state index in [-0.39, 0.29) is 0 Å². The molecule has 0 saturated carbocycles. The van der Waals surface area contributed by atoms with Crippen molar-refractivity contribution in [1.82, 2.24) is 0 Å². The van der Waals surface area contributed by atoms with E-state index in [1.807, 2.05) is 35.3 Å². The molecule has 1 unspecified atom stereocenters. The van der Waals surface area contributed by atoms with Crippen LogP contribution in [-0.4, -0.2) is 17.3 Å². The van der Waals surface area contributed by atoms with Crippen LogP contribution in [-0.2, 0) is 0 Å². The van der Waals surface area contributed by atoms with E-state index in [1.54, 1.807) is 0 Å². The zero-order valence-corrected chi connectivity index (χ0v) is 10.2. The lowest BCUT2D eigenvalue weighted by Gasteiger charge is -2.17. The summed E-state index contributed by atoms with van der Waals surface area (Å²) in [6.45, 7) is 2.28. The van der Waals surface area contributed by atoms with Crippen molar-refractivity contribution >= 4 is 35.3 Å². The number of halogens is 1. The van der Waals surface area contributed by atoms with Gasteiger partial charge in [0.05, 0.1) is 46.3 Å². The molecule has 0 aliphatic carbocycles. The molecule has 0 bridgehead atoms. The third kappa shape index (κ3) is 11.0. The fraction of sp³-hybridized carbons (Fsp3) is 0.800. The first-order valence-corrected chi connectivity index (χ1v) is 7.47. The highest BCUT2D eigenvalue weighted by Gasteiger charge is 2.36. The highest BCUT2D eigenvalue weighted by atomic mass is 35.7. The van der Waals surface area contributed by atoms with E-state index in [2.05, 4.69) is 13.2 Å². The first-order valence-electron chi connectivity index (χ1n) is 3.15. The molecular formula is C5H9ClO4S3. The van der Waals surface area contributed by atoms with Crippen molar-refractivity contribution in [2.24, 2.45) is 0 Å². The van der Waals surface area contributed by atoms with Crippen LogP contribution in [0.3, 0.4) is 0 Å². The molecule has 1 aliphatic rings. The maximum atomic E-state index is 8.49. The molecule has 1 fully saturated rings. The fourth-order valence-electron chi connectivity index (χ4n) is 0.525. The fourth-order valence-corrected chi connectivity index (χ4v) is 4.22. The topological polar surface area (TPSA) is 92.2 Å². The molecule has 0 aromatic carbocycles. The first-order chi connectivity index (χ1) is 5.83. The highest BCUT2D eigenvalue weighted by molar-refractivity contribution is 8.38. The Hall–Kier alpha value is 1.05. The molecule has 1 rings (SSSR count). The van der Waals surface area contributed by atoms with Crippen LogP contribution in [0, 0.1) is 14.2 Å². The molecule has 8 heteroatoms. The second-order valence-electron chi connectivity index (χ2n) is 2.07. The van der Waals surface area contributed by atoms with Crippen LogP contribution >= 0.6 is 35.3 Å². The maximum absolute atomic E-state index is 8.49. The van der Waals surface area contributed by atoms with Gasteiger partial charge in [-0.2, -0.15) is 0 Å². The molecule has 0 amide bonds. The van der Waals surface area contributed by atoms with Crippen LogP contribution in [0.4, 0.5) is 0 Å². The van der Waals surface area contributed by atoms with Crippen LogP contribution in [0.1, 0.15) is 6.92 Å². The molecule has 0 aromatic heterocycles. The molecule has 0 aromatic rings. The van der Waals surface area contributed by atoms with E-state index in [9.17, 15) is 0 Å². The zero-order valence-electron chi connectivity index (χ0n) is 7.02. The summed E-state index contributed by atoms with van der Waals surface area (Å²) in [5, 5.41) is 0.849. The van der Waals surface area contributed by atoms with E-state index in [0.717, 1.165) is 5.25 Å². The summed E-state index contributed by atoms with van der Waals surface area (Å²) in [7, 11) is -4.94. The van der Waals surface area contributed by atoms with Crippen molar-refractivity contribution < 1.29 is 28.9 Å². The first kappa shape index (κ1) is 14.1. The van der Waals surface area contributed by atoms with Gasteiger partial charge in [-0.3, -0.25) is 0 Å². The summed E-state index contributed by atoms with van der Waals surface area (Å²) in [4.78, 5) is 0. The van der Waals surface area contributed by atoms with Gasteiger partial charge in [-0.25, -0.2) is 18.6 Å². The van der Waals surface area contributed by atoms with Crippen LogP contribution in [0.2, 0.25) is 0 Å². The third-order valence-electron chi connectivity index (χ3n) is 0.900. The second kappa shape index (κ2) is 6.52. The predicted octanol–water partition coefficient (Wildman–Crippen LogP) is -2.09. The summed E-state index contributed by atoms with van der Waals surface area (Å²) >= 11 is 5.88. The summed E-state index contributed by atoms with van der Waals surface area (Å²) in [5.41, 5.74) is 0. The Morgan fingerprint density at radius 1 is 1.38 bits per heavy atom. The Balaban J connectivity index is 0.000000252. The standard InChI is InChI=1S/C5H9S3.ClHO4/c1-4-3-7-5(6-2)8-4;2-1(3,4)5/h4H,3H2,1-2H3;(H,2,3,4,5)/q+1;/p-1. The largest absolute Gasteiger partial charge is 0.289 e. The van der Waals surface area contributed by atoms with Crippen LogP contribution in [0.15, 0.2) is 0 Å². The maximum Gasteiger partial charge on any atom is 0.289 e. The Bertz CT molecular complexity index is 136. The number of rotatable bonds is 1. The van der Waals surface area contributed by atoms with E-state index >= 15 is 0 Å². The minimum Gasteiger partial charge on any atom is -0.222 e. The van der Waals surface area contributed by atoms with Gasteiger partial charge >= 0.3 is 0 Å². The van der Waals surface area contributed by atoms with Crippen molar-refractivity contribution in [1.29, 1.82) is 0 Å². The lowest BCUT2D eigenvalue weighted by molar-refractivity contribution is -2.00. The van der Waals surface area contributed by atoms with Gasteiger partial charge in [-0.1, -0.05) is 0 Å². The normalized spacial score (nSPS) is 22.6. The third-order valence-corrected chi connectivity index (χ3v) is 5.39. The van der Waals surface area contributed by atoms with Gasteiger partial charge in [0.25, 0.3) is 3.91 Å². The van der Waals surface area contributed by atoms with Gasteiger partial charge in [0, 0.05) is 6.26 Å². The van der Waals surface area contributed by atoms with Crippen molar-refractivity contribution in [2.45, 2.75) is 12.2 Å². The quantitative estimate of drug-likeness (QED) is 0.501. The van der Waals surface area contributed by atoms with Gasteiger partial charge in [0.15, 0.2) is 0 Å². The molecule has 0 spiro atoms.